The fourth-order valence-electron chi connectivity index (χ4n) is 3.88. The SMILES string of the molecule is CCCCCCCCC(/C=C/CCCCCCC(C)(C)C)C(CC(=O)O)C(=O)OC. The van der Waals surface area contributed by atoms with Gasteiger partial charge in [-0.25, -0.2) is 0 Å². The molecular formula is C26H48O4. The molecule has 0 saturated heterocycles. The maximum atomic E-state index is 12.2. The van der Waals surface area contributed by atoms with E-state index in [1.807, 2.05) is 0 Å². The molecule has 4 heteroatoms. The molecule has 0 amide bonds. The van der Waals surface area contributed by atoms with Crippen LogP contribution in [0.1, 0.15) is 118 Å². The molecule has 0 saturated carbocycles. The third kappa shape index (κ3) is 16.5. The van der Waals surface area contributed by atoms with Gasteiger partial charge in [0.05, 0.1) is 19.4 Å². The van der Waals surface area contributed by atoms with Gasteiger partial charge in [0, 0.05) is 0 Å². The van der Waals surface area contributed by atoms with E-state index in [1.165, 1.54) is 58.5 Å². The standard InChI is InChI=1S/C26H48O4/c1-6-7-8-9-12-15-18-22(23(21-24(27)28)25(29)30-5)19-16-13-10-11-14-17-20-26(2,3)4/h16,19,22-23H,6-15,17-18,20-21H2,1-5H3,(H,27,28)/b19-16+. The molecule has 0 fully saturated rings. The van der Waals surface area contributed by atoms with Crippen LogP contribution in [-0.2, 0) is 14.3 Å². The van der Waals surface area contributed by atoms with Gasteiger partial charge in [0.15, 0.2) is 0 Å². The summed E-state index contributed by atoms with van der Waals surface area (Å²) < 4.78 is 4.92. The Hall–Kier alpha value is -1.32. The number of carbonyl (C=O) groups excluding carboxylic acids is 1. The number of allylic oxidation sites excluding steroid dienone is 2. The lowest BCUT2D eigenvalue weighted by atomic mass is 9.84. The van der Waals surface area contributed by atoms with Crippen LogP contribution in [0.2, 0.25) is 0 Å². The molecule has 0 aromatic heterocycles. The number of carboxylic acids is 1. The third-order valence-corrected chi connectivity index (χ3v) is 5.74. The van der Waals surface area contributed by atoms with Crippen molar-refractivity contribution in [1.29, 1.82) is 0 Å². The number of hydrogen-bond acceptors (Lipinski definition) is 3. The van der Waals surface area contributed by atoms with Crippen molar-refractivity contribution in [3.8, 4) is 0 Å². The van der Waals surface area contributed by atoms with E-state index in [2.05, 4.69) is 39.8 Å². The van der Waals surface area contributed by atoms with Gasteiger partial charge in [-0.1, -0.05) is 97.6 Å². The molecule has 2 unspecified atom stereocenters. The van der Waals surface area contributed by atoms with E-state index < -0.39 is 17.9 Å². The third-order valence-electron chi connectivity index (χ3n) is 5.74. The van der Waals surface area contributed by atoms with Crippen molar-refractivity contribution in [3.63, 3.8) is 0 Å². The van der Waals surface area contributed by atoms with Gasteiger partial charge >= 0.3 is 11.9 Å². The highest BCUT2D eigenvalue weighted by molar-refractivity contribution is 5.79. The minimum Gasteiger partial charge on any atom is -0.481 e. The van der Waals surface area contributed by atoms with E-state index in [9.17, 15) is 14.7 Å². The summed E-state index contributed by atoms with van der Waals surface area (Å²) in [4.78, 5) is 23.5. The summed E-state index contributed by atoms with van der Waals surface area (Å²) >= 11 is 0. The Morgan fingerprint density at radius 3 is 2.13 bits per heavy atom. The summed E-state index contributed by atoms with van der Waals surface area (Å²) in [5.41, 5.74) is 0.413. The Morgan fingerprint density at radius 2 is 1.53 bits per heavy atom. The highest BCUT2D eigenvalue weighted by atomic mass is 16.5. The van der Waals surface area contributed by atoms with Crippen LogP contribution in [0.25, 0.3) is 0 Å². The topological polar surface area (TPSA) is 63.6 Å². The van der Waals surface area contributed by atoms with Crippen LogP contribution in [0.15, 0.2) is 12.2 Å². The van der Waals surface area contributed by atoms with Crippen LogP contribution < -0.4 is 0 Å². The van der Waals surface area contributed by atoms with E-state index >= 15 is 0 Å². The fraction of sp³-hybridized carbons (Fsp3) is 0.846. The highest BCUT2D eigenvalue weighted by Crippen LogP contribution is 2.26. The largest absolute Gasteiger partial charge is 0.481 e. The number of aliphatic carboxylic acids is 1. The summed E-state index contributed by atoms with van der Waals surface area (Å²) in [6, 6.07) is 0. The lowest BCUT2D eigenvalue weighted by Gasteiger charge is -2.21. The predicted octanol–water partition coefficient (Wildman–Crippen LogP) is 7.56. The zero-order valence-corrected chi connectivity index (χ0v) is 20.4. The van der Waals surface area contributed by atoms with Crippen LogP contribution in [-0.4, -0.2) is 24.2 Å². The molecule has 0 rings (SSSR count). The van der Waals surface area contributed by atoms with Crippen molar-refractivity contribution in [3.05, 3.63) is 12.2 Å². The monoisotopic (exact) mass is 424 g/mol. The molecule has 1 N–H and O–H groups in total. The molecular weight excluding hydrogens is 376 g/mol. The number of carboxylic acid groups (broad SMARTS) is 1. The Kier molecular flexibility index (Phi) is 16.6. The Balaban J connectivity index is 4.59. The minimum absolute atomic E-state index is 0.0550. The molecule has 0 spiro atoms. The van der Waals surface area contributed by atoms with E-state index in [-0.39, 0.29) is 12.3 Å². The first kappa shape index (κ1) is 28.7. The van der Waals surface area contributed by atoms with Crippen molar-refractivity contribution in [2.45, 2.75) is 118 Å². The first-order valence-corrected chi connectivity index (χ1v) is 12.2. The van der Waals surface area contributed by atoms with E-state index in [1.54, 1.807) is 0 Å². The normalized spacial score (nSPS) is 14.0. The van der Waals surface area contributed by atoms with Gasteiger partial charge in [-0.15, -0.1) is 0 Å². The summed E-state index contributed by atoms with van der Waals surface area (Å²) in [5.74, 6) is -1.99. The molecule has 0 aromatic carbocycles. The van der Waals surface area contributed by atoms with E-state index in [0.29, 0.717) is 5.41 Å². The van der Waals surface area contributed by atoms with Gasteiger partial charge in [-0.05, 0) is 37.0 Å². The van der Waals surface area contributed by atoms with Crippen LogP contribution in [0.4, 0.5) is 0 Å². The molecule has 2 atom stereocenters. The van der Waals surface area contributed by atoms with Crippen LogP contribution in [0, 0.1) is 17.3 Å². The fourth-order valence-corrected chi connectivity index (χ4v) is 3.88. The smallest absolute Gasteiger partial charge is 0.309 e. The molecule has 0 radical (unpaired) electrons. The van der Waals surface area contributed by atoms with Crippen molar-refractivity contribution >= 4 is 11.9 Å². The van der Waals surface area contributed by atoms with E-state index in [4.69, 9.17) is 4.74 Å². The maximum Gasteiger partial charge on any atom is 0.309 e. The number of ether oxygens (including phenoxy) is 1. The van der Waals surface area contributed by atoms with Gasteiger partial charge in [-0.2, -0.15) is 0 Å². The first-order valence-electron chi connectivity index (χ1n) is 12.2. The lowest BCUT2D eigenvalue weighted by molar-refractivity contribution is -0.152. The van der Waals surface area contributed by atoms with Gasteiger partial charge in [0.1, 0.15) is 0 Å². The first-order chi connectivity index (χ1) is 14.2. The summed E-state index contributed by atoms with van der Waals surface area (Å²) in [6.07, 6.45) is 19.2. The summed E-state index contributed by atoms with van der Waals surface area (Å²) in [7, 11) is 1.35. The molecule has 0 bridgehead atoms. The second-order valence-electron chi connectivity index (χ2n) is 9.89. The average Bonchev–Trinajstić information content (AvgIpc) is 2.67. The van der Waals surface area contributed by atoms with Gasteiger partial charge < -0.3 is 9.84 Å². The molecule has 0 heterocycles. The molecule has 176 valence electrons. The molecule has 0 aliphatic rings. The number of rotatable bonds is 18. The minimum atomic E-state index is -0.939. The lowest BCUT2D eigenvalue weighted by Crippen LogP contribution is -2.26. The molecule has 0 aliphatic heterocycles. The maximum absolute atomic E-state index is 12.2. The molecule has 4 nitrogen and oxygen atoms in total. The second-order valence-corrected chi connectivity index (χ2v) is 9.89. The Labute approximate surface area is 185 Å². The molecule has 30 heavy (non-hydrogen) atoms. The Bertz CT molecular complexity index is 476. The zero-order chi connectivity index (χ0) is 22.8. The summed E-state index contributed by atoms with van der Waals surface area (Å²) in [5, 5.41) is 9.26. The summed E-state index contributed by atoms with van der Waals surface area (Å²) in [6.45, 7) is 9.07. The number of carbonyl (C=O) groups is 2. The van der Waals surface area contributed by atoms with E-state index in [0.717, 1.165) is 32.1 Å². The van der Waals surface area contributed by atoms with Gasteiger partial charge in [0.2, 0.25) is 0 Å². The van der Waals surface area contributed by atoms with Gasteiger partial charge in [0.25, 0.3) is 0 Å². The van der Waals surface area contributed by atoms with Crippen LogP contribution >= 0.6 is 0 Å². The molecule has 0 aromatic rings. The zero-order valence-electron chi connectivity index (χ0n) is 20.4. The number of methoxy groups -OCH3 is 1. The number of hydrogen-bond donors (Lipinski definition) is 1. The van der Waals surface area contributed by atoms with Crippen molar-refractivity contribution in [2.24, 2.45) is 17.3 Å². The van der Waals surface area contributed by atoms with Crippen molar-refractivity contribution in [1.82, 2.24) is 0 Å². The predicted molar refractivity (Wildman–Crippen MR) is 126 cm³/mol. The molecule has 0 aliphatic carbocycles. The van der Waals surface area contributed by atoms with Crippen molar-refractivity contribution < 1.29 is 19.4 Å². The quantitative estimate of drug-likeness (QED) is 0.140. The van der Waals surface area contributed by atoms with Crippen molar-refractivity contribution in [2.75, 3.05) is 7.11 Å². The number of unbranched alkanes of at least 4 members (excludes halogenated alkanes) is 9. The Morgan fingerprint density at radius 1 is 0.933 bits per heavy atom. The van der Waals surface area contributed by atoms with Crippen LogP contribution in [0.3, 0.4) is 0 Å². The highest BCUT2D eigenvalue weighted by Gasteiger charge is 2.29. The number of esters is 1. The van der Waals surface area contributed by atoms with Crippen LogP contribution in [0.5, 0.6) is 0 Å². The average molecular weight is 425 g/mol. The van der Waals surface area contributed by atoms with Gasteiger partial charge in [-0.3, -0.25) is 9.59 Å². The second kappa shape index (κ2) is 17.4.